The van der Waals surface area contributed by atoms with Crippen molar-refractivity contribution < 1.29 is 32.4 Å². The number of piperidine rings is 1. The van der Waals surface area contributed by atoms with E-state index in [1.807, 2.05) is 0 Å². The molecule has 0 saturated carbocycles. The zero-order valence-corrected chi connectivity index (χ0v) is 20.7. The maximum Gasteiger partial charge on any atom is 0.409 e. The van der Waals surface area contributed by atoms with Gasteiger partial charge in [0.25, 0.3) is 0 Å². The fourth-order valence-electron chi connectivity index (χ4n) is 3.69. The number of aromatic nitrogens is 1. The Morgan fingerprint density at radius 3 is 2.56 bits per heavy atom. The molecule has 1 atom stereocenters. The number of nitrogens with zero attached hydrogens (tertiary/aromatic N) is 2. The first kappa shape index (κ1) is 25.5. The lowest BCUT2D eigenvalue weighted by Crippen LogP contribution is -2.47. The molecule has 186 valence electrons. The van der Waals surface area contributed by atoms with Gasteiger partial charge in [0.2, 0.25) is 11.8 Å². The lowest BCUT2D eigenvalue weighted by Gasteiger charge is -2.31. The van der Waals surface area contributed by atoms with Crippen molar-refractivity contribution in [3.8, 4) is 23.0 Å². The van der Waals surface area contributed by atoms with Crippen molar-refractivity contribution >= 4 is 22.8 Å². The lowest BCUT2D eigenvalue weighted by molar-refractivity contribution is -0.119. The monoisotopic (exact) mass is 493 g/mol. The van der Waals surface area contributed by atoms with Gasteiger partial charge in [0.15, 0.2) is 11.5 Å². The molecule has 34 heavy (non-hydrogen) atoms. The van der Waals surface area contributed by atoms with Crippen LogP contribution in [0.4, 0.5) is 4.79 Å². The van der Waals surface area contributed by atoms with Crippen molar-refractivity contribution in [2.24, 2.45) is 0 Å². The Balaban J connectivity index is 1.52. The molecule has 0 aliphatic carbocycles. The van der Waals surface area contributed by atoms with E-state index in [4.69, 9.17) is 18.6 Å². The van der Waals surface area contributed by atoms with Gasteiger partial charge in [-0.25, -0.2) is 9.78 Å². The first-order chi connectivity index (χ1) is 16.3. The average molecular weight is 494 g/mol. The highest BCUT2D eigenvalue weighted by molar-refractivity contribution is 7.84. The number of aryl methyl sites for hydroxylation is 1. The molecule has 1 aliphatic rings. The normalized spacial score (nSPS) is 15.0. The summed E-state index contributed by atoms with van der Waals surface area (Å²) in [5.74, 6) is 1.76. The Morgan fingerprint density at radius 2 is 1.91 bits per heavy atom. The maximum atomic E-state index is 12.6. The molecule has 0 bridgehead atoms. The third-order valence-electron chi connectivity index (χ3n) is 5.50. The van der Waals surface area contributed by atoms with Crippen LogP contribution in [0.25, 0.3) is 11.5 Å². The van der Waals surface area contributed by atoms with Gasteiger partial charge in [0.05, 0.1) is 32.3 Å². The molecule has 2 heterocycles. The van der Waals surface area contributed by atoms with E-state index in [1.54, 1.807) is 51.2 Å². The summed E-state index contributed by atoms with van der Waals surface area (Å²) in [7, 11) is 1.66. The largest absolute Gasteiger partial charge is 0.493 e. The quantitative estimate of drug-likeness (QED) is 0.566. The fourth-order valence-corrected chi connectivity index (χ4v) is 4.75. The van der Waals surface area contributed by atoms with E-state index in [0.717, 1.165) is 0 Å². The van der Waals surface area contributed by atoms with Gasteiger partial charge in [-0.05, 0) is 44.9 Å². The van der Waals surface area contributed by atoms with Crippen LogP contribution in [0.5, 0.6) is 11.5 Å². The molecule has 1 aliphatic heterocycles. The summed E-state index contributed by atoms with van der Waals surface area (Å²) >= 11 is 0. The Morgan fingerprint density at radius 1 is 1.21 bits per heavy atom. The number of rotatable bonds is 9. The van der Waals surface area contributed by atoms with Crippen LogP contribution < -0.4 is 14.8 Å². The SMILES string of the molecule is CCOC(=O)N1CCC(NC(=O)CS(=O)Cc2nc(-c3ccc(OC)c(OC)c3)oc2C)CC1. The maximum absolute atomic E-state index is 12.6. The highest BCUT2D eigenvalue weighted by atomic mass is 32.2. The van der Waals surface area contributed by atoms with Gasteiger partial charge in [0, 0.05) is 35.5 Å². The number of carbonyl (C=O) groups is 2. The molecule has 2 amide bonds. The number of hydrogen-bond donors (Lipinski definition) is 1. The first-order valence-electron chi connectivity index (χ1n) is 11.1. The molecule has 2 aromatic rings. The molecule has 0 spiro atoms. The van der Waals surface area contributed by atoms with Crippen molar-refractivity contribution in [3.05, 3.63) is 29.7 Å². The summed E-state index contributed by atoms with van der Waals surface area (Å²) in [6.07, 6.45) is 0.937. The molecule has 10 nitrogen and oxygen atoms in total. The predicted molar refractivity (Wildman–Crippen MR) is 126 cm³/mol. The van der Waals surface area contributed by atoms with Crippen molar-refractivity contribution in [1.29, 1.82) is 0 Å². The number of nitrogens with one attached hydrogen (secondary N) is 1. The van der Waals surface area contributed by atoms with Crippen molar-refractivity contribution in [2.45, 2.75) is 38.5 Å². The topological polar surface area (TPSA) is 120 Å². The third kappa shape index (κ3) is 6.49. The van der Waals surface area contributed by atoms with E-state index >= 15 is 0 Å². The molecule has 11 heteroatoms. The zero-order valence-electron chi connectivity index (χ0n) is 19.9. The van der Waals surface area contributed by atoms with Crippen LogP contribution in [0.3, 0.4) is 0 Å². The van der Waals surface area contributed by atoms with Crippen LogP contribution in [0, 0.1) is 6.92 Å². The predicted octanol–water partition coefficient (Wildman–Crippen LogP) is 2.65. The molecule has 1 fully saturated rings. The number of hydrogen-bond acceptors (Lipinski definition) is 8. The number of methoxy groups -OCH3 is 2. The Hall–Kier alpha value is -3.08. The summed E-state index contributed by atoms with van der Waals surface area (Å²) in [4.78, 5) is 30.3. The van der Waals surface area contributed by atoms with Crippen molar-refractivity contribution in [3.63, 3.8) is 0 Å². The van der Waals surface area contributed by atoms with Crippen LogP contribution in [-0.2, 0) is 26.1 Å². The minimum atomic E-state index is -1.45. The molecule has 3 rings (SSSR count). The Labute approximate surface area is 201 Å². The molecular formula is C23H31N3O7S. The summed E-state index contributed by atoms with van der Waals surface area (Å²) in [5, 5.41) is 2.92. The van der Waals surface area contributed by atoms with Gasteiger partial charge in [-0.3, -0.25) is 9.00 Å². The molecule has 1 aromatic heterocycles. The minimum Gasteiger partial charge on any atom is -0.493 e. The van der Waals surface area contributed by atoms with Gasteiger partial charge < -0.3 is 28.8 Å². The number of oxazole rings is 1. The summed E-state index contributed by atoms with van der Waals surface area (Å²) in [5.41, 5.74) is 1.24. The second-order valence-corrected chi connectivity index (χ2v) is 9.30. The Bertz CT molecular complexity index is 1030. The summed E-state index contributed by atoms with van der Waals surface area (Å²) in [6, 6.07) is 5.26. The van der Waals surface area contributed by atoms with Crippen LogP contribution in [0.1, 0.15) is 31.2 Å². The van der Waals surface area contributed by atoms with E-state index in [-0.39, 0.29) is 29.5 Å². The van der Waals surface area contributed by atoms with Crippen molar-refractivity contribution in [1.82, 2.24) is 15.2 Å². The first-order valence-corrected chi connectivity index (χ1v) is 12.6. The molecule has 1 unspecified atom stereocenters. The van der Waals surface area contributed by atoms with Crippen LogP contribution in [0.2, 0.25) is 0 Å². The zero-order chi connectivity index (χ0) is 24.7. The lowest BCUT2D eigenvalue weighted by atomic mass is 10.1. The van der Waals surface area contributed by atoms with Crippen LogP contribution >= 0.6 is 0 Å². The number of carbonyl (C=O) groups excluding carboxylic acids is 2. The Kier molecular flexibility index (Phi) is 8.91. The second kappa shape index (κ2) is 11.9. The summed E-state index contributed by atoms with van der Waals surface area (Å²) < 4.78 is 34.0. The molecular weight excluding hydrogens is 462 g/mol. The minimum absolute atomic E-state index is 0.0550. The van der Waals surface area contributed by atoms with Crippen molar-refractivity contribution in [2.75, 3.05) is 39.7 Å². The highest BCUT2D eigenvalue weighted by Gasteiger charge is 2.25. The molecule has 1 aromatic carbocycles. The van der Waals surface area contributed by atoms with E-state index in [1.165, 1.54) is 0 Å². The number of benzene rings is 1. The number of ether oxygens (including phenoxy) is 3. The van der Waals surface area contributed by atoms with E-state index in [9.17, 15) is 13.8 Å². The van der Waals surface area contributed by atoms with Gasteiger partial charge in [-0.1, -0.05) is 0 Å². The van der Waals surface area contributed by atoms with E-state index in [0.29, 0.717) is 66.9 Å². The van der Waals surface area contributed by atoms with Gasteiger partial charge in [0.1, 0.15) is 11.5 Å². The highest BCUT2D eigenvalue weighted by Crippen LogP contribution is 2.32. The standard InChI is InChI=1S/C23H31N3O7S/c1-5-32-23(28)26-10-8-17(9-11-26)24-21(27)14-34(29)13-18-15(2)33-22(25-18)16-6-7-19(30-3)20(12-16)31-4/h6-7,12,17H,5,8-11,13-14H2,1-4H3,(H,24,27). The van der Waals surface area contributed by atoms with Crippen LogP contribution in [-0.4, -0.2) is 71.8 Å². The average Bonchev–Trinajstić information content (AvgIpc) is 3.18. The van der Waals surface area contributed by atoms with Crippen LogP contribution in [0.15, 0.2) is 22.6 Å². The fraction of sp³-hybridized carbons (Fsp3) is 0.522. The van der Waals surface area contributed by atoms with Gasteiger partial charge in [-0.2, -0.15) is 0 Å². The van der Waals surface area contributed by atoms with Gasteiger partial charge in [-0.15, -0.1) is 0 Å². The van der Waals surface area contributed by atoms with Gasteiger partial charge >= 0.3 is 6.09 Å². The number of likely N-dealkylation sites (tertiary alicyclic amines) is 1. The molecule has 1 N–H and O–H groups in total. The number of amides is 2. The van der Waals surface area contributed by atoms with E-state index in [2.05, 4.69) is 10.3 Å². The molecule has 1 saturated heterocycles. The smallest absolute Gasteiger partial charge is 0.409 e. The summed E-state index contributed by atoms with van der Waals surface area (Å²) in [6.45, 7) is 4.89. The second-order valence-electron chi connectivity index (χ2n) is 7.85. The third-order valence-corrected chi connectivity index (χ3v) is 6.68. The molecule has 0 radical (unpaired) electrons. The van der Waals surface area contributed by atoms with E-state index < -0.39 is 10.8 Å².